The Kier molecular flexibility index (Phi) is 8.45. The summed E-state index contributed by atoms with van der Waals surface area (Å²) in [6.45, 7) is 5.30. The molecule has 198 valence electrons. The summed E-state index contributed by atoms with van der Waals surface area (Å²) in [6, 6.07) is 31.0. The average molecular weight is 520 g/mol. The standard InChI is InChI=1S/C32H33N5O2/c1-2-3-22-39-32(38)26(23-33)29-31(35-28-17-11-10-16-27(28)34-29)37-20-18-36(19-21-37)30(24-12-6-4-7-13-24)25-14-8-5-9-15-25/h4-17,26,30H,2-3,18-22H2,1H3. The van der Waals surface area contributed by atoms with Gasteiger partial charge in [0.15, 0.2) is 11.7 Å². The van der Waals surface area contributed by atoms with Gasteiger partial charge in [-0.2, -0.15) is 5.26 Å². The molecule has 0 spiro atoms. The molecule has 0 saturated carbocycles. The second kappa shape index (κ2) is 12.5. The van der Waals surface area contributed by atoms with E-state index in [1.54, 1.807) is 0 Å². The molecule has 5 rings (SSSR count). The number of nitrogens with zero attached hydrogens (tertiary/aromatic N) is 5. The molecule has 39 heavy (non-hydrogen) atoms. The molecular formula is C32H33N5O2. The number of carbonyl (C=O) groups excluding carboxylic acids is 1. The molecule has 1 aliphatic rings. The Morgan fingerprint density at radius 2 is 1.44 bits per heavy atom. The van der Waals surface area contributed by atoms with Crippen LogP contribution in [-0.2, 0) is 9.53 Å². The number of para-hydroxylation sites is 2. The maximum atomic E-state index is 12.9. The molecule has 2 heterocycles. The summed E-state index contributed by atoms with van der Waals surface area (Å²) < 4.78 is 5.43. The minimum absolute atomic E-state index is 0.136. The fourth-order valence-electron chi connectivity index (χ4n) is 5.13. The minimum atomic E-state index is -1.13. The number of fused-ring (bicyclic) bond motifs is 1. The van der Waals surface area contributed by atoms with Gasteiger partial charge in [-0.3, -0.25) is 9.69 Å². The predicted molar refractivity (Wildman–Crippen MR) is 152 cm³/mol. The van der Waals surface area contributed by atoms with Crippen LogP contribution in [-0.4, -0.2) is 53.6 Å². The maximum Gasteiger partial charge on any atom is 0.329 e. The van der Waals surface area contributed by atoms with Gasteiger partial charge in [0, 0.05) is 26.2 Å². The van der Waals surface area contributed by atoms with Gasteiger partial charge in [0.2, 0.25) is 0 Å². The number of aromatic nitrogens is 2. The maximum absolute atomic E-state index is 12.9. The lowest BCUT2D eigenvalue weighted by molar-refractivity contribution is -0.144. The fraction of sp³-hybridized carbons (Fsp3) is 0.312. The first-order valence-electron chi connectivity index (χ1n) is 13.6. The normalized spacial score (nSPS) is 14.7. The molecular weight excluding hydrogens is 486 g/mol. The lowest BCUT2D eigenvalue weighted by Gasteiger charge is -2.40. The topological polar surface area (TPSA) is 82.3 Å². The highest BCUT2D eigenvalue weighted by Crippen LogP contribution is 2.32. The first-order chi connectivity index (χ1) is 19.2. The predicted octanol–water partition coefficient (Wildman–Crippen LogP) is 5.49. The van der Waals surface area contributed by atoms with E-state index < -0.39 is 11.9 Å². The highest BCUT2D eigenvalue weighted by atomic mass is 16.5. The van der Waals surface area contributed by atoms with E-state index in [9.17, 15) is 10.1 Å². The van der Waals surface area contributed by atoms with E-state index in [-0.39, 0.29) is 6.04 Å². The molecule has 1 unspecified atom stereocenters. The van der Waals surface area contributed by atoms with E-state index >= 15 is 0 Å². The summed E-state index contributed by atoms with van der Waals surface area (Å²) in [5, 5.41) is 10.0. The number of rotatable bonds is 9. The van der Waals surface area contributed by atoms with Gasteiger partial charge in [-0.05, 0) is 29.7 Å². The Bertz CT molecular complexity index is 1390. The van der Waals surface area contributed by atoms with Crippen LogP contribution in [0.5, 0.6) is 0 Å². The molecule has 0 amide bonds. The molecule has 1 atom stereocenters. The van der Waals surface area contributed by atoms with E-state index in [1.165, 1.54) is 11.1 Å². The fourth-order valence-corrected chi connectivity index (χ4v) is 5.13. The Morgan fingerprint density at radius 1 is 0.872 bits per heavy atom. The smallest absolute Gasteiger partial charge is 0.329 e. The Hall–Kier alpha value is -4.28. The number of benzene rings is 3. The number of hydrogen-bond acceptors (Lipinski definition) is 7. The summed E-state index contributed by atoms with van der Waals surface area (Å²) in [6.07, 6.45) is 1.66. The molecule has 4 aromatic rings. The van der Waals surface area contributed by atoms with Crippen molar-refractivity contribution in [1.82, 2.24) is 14.9 Å². The van der Waals surface area contributed by atoms with Gasteiger partial charge >= 0.3 is 5.97 Å². The number of anilines is 1. The lowest BCUT2D eigenvalue weighted by Crippen LogP contribution is -2.48. The zero-order valence-electron chi connectivity index (χ0n) is 22.2. The third-order valence-corrected chi connectivity index (χ3v) is 7.17. The van der Waals surface area contributed by atoms with Gasteiger partial charge in [-0.25, -0.2) is 9.97 Å². The Morgan fingerprint density at radius 3 is 2.00 bits per heavy atom. The van der Waals surface area contributed by atoms with Crippen LogP contribution in [0, 0.1) is 11.3 Å². The number of carbonyl (C=O) groups is 1. The van der Waals surface area contributed by atoms with Crippen molar-refractivity contribution in [2.24, 2.45) is 0 Å². The molecule has 7 nitrogen and oxygen atoms in total. The quantitative estimate of drug-likeness (QED) is 0.214. The largest absolute Gasteiger partial charge is 0.464 e. The third-order valence-electron chi connectivity index (χ3n) is 7.17. The zero-order chi connectivity index (χ0) is 27.0. The lowest BCUT2D eigenvalue weighted by atomic mass is 9.96. The molecule has 1 fully saturated rings. The van der Waals surface area contributed by atoms with Crippen molar-refractivity contribution < 1.29 is 9.53 Å². The summed E-state index contributed by atoms with van der Waals surface area (Å²) in [7, 11) is 0. The molecule has 0 radical (unpaired) electrons. The van der Waals surface area contributed by atoms with Crippen LogP contribution in [0.3, 0.4) is 0 Å². The van der Waals surface area contributed by atoms with Gasteiger partial charge < -0.3 is 9.64 Å². The molecule has 0 bridgehead atoms. The van der Waals surface area contributed by atoms with Crippen LogP contribution in [0.15, 0.2) is 84.9 Å². The van der Waals surface area contributed by atoms with E-state index in [0.29, 0.717) is 36.7 Å². The van der Waals surface area contributed by atoms with Crippen LogP contribution in [0.1, 0.15) is 48.5 Å². The molecule has 3 aromatic carbocycles. The number of unbranched alkanes of at least 4 members (excludes halogenated alkanes) is 1. The highest BCUT2D eigenvalue weighted by Gasteiger charge is 2.33. The molecule has 1 aliphatic heterocycles. The van der Waals surface area contributed by atoms with Gasteiger partial charge in [-0.15, -0.1) is 0 Å². The monoisotopic (exact) mass is 519 g/mol. The highest BCUT2D eigenvalue weighted by molar-refractivity contribution is 5.85. The Balaban J connectivity index is 1.43. The van der Waals surface area contributed by atoms with E-state index in [1.807, 2.05) is 43.3 Å². The molecule has 0 aliphatic carbocycles. The van der Waals surface area contributed by atoms with Crippen molar-refractivity contribution >= 4 is 22.8 Å². The summed E-state index contributed by atoms with van der Waals surface area (Å²) in [5.41, 5.74) is 4.27. The molecule has 1 saturated heterocycles. The third kappa shape index (κ3) is 5.92. The van der Waals surface area contributed by atoms with Crippen LogP contribution in [0.4, 0.5) is 5.82 Å². The number of hydrogen-bond donors (Lipinski definition) is 0. The van der Waals surface area contributed by atoms with Gasteiger partial charge in [0.25, 0.3) is 0 Å². The van der Waals surface area contributed by atoms with E-state index in [2.05, 4.69) is 64.4 Å². The first-order valence-corrected chi connectivity index (χ1v) is 13.6. The summed E-state index contributed by atoms with van der Waals surface area (Å²) in [5.74, 6) is -1.11. The van der Waals surface area contributed by atoms with Crippen molar-refractivity contribution in [1.29, 1.82) is 5.26 Å². The Labute approximate surface area is 229 Å². The SMILES string of the molecule is CCCCOC(=O)C(C#N)c1nc2ccccc2nc1N1CCN(C(c2ccccc2)c2ccccc2)CC1. The molecule has 0 N–H and O–H groups in total. The first kappa shape index (κ1) is 26.3. The van der Waals surface area contributed by atoms with Crippen molar-refractivity contribution in [2.75, 3.05) is 37.7 Å². The number of esters is 1. The van der Waals surface area contributed by atoms with Crippen LogP contribution < -0.4 is 4.90 Å². The van der Waals surface area contributed by atoms with Gasteiger partial charge in [0.1, 0.15) is 5.69 Å². The second-order valence-corrected chi connectivity index (χ2v) is 9.75. The van der Waals surface area contributed by atoms with E-state index in [4.69, 9.17) is 14.7 Å². The van der Waals surface area contributed by atoms with Crippen molar-refractivity contribution in [2.45, 2.75) is 31.7 Å². The van der Waals surface area contributed by atoms with E-state index in [0.717, 1.165) is 31.4 Å². The molecule has 7 heteroatoms. The molecule has 1 aromatic heterocycles. The van der Waals surface area contributed by atoms with Gasteiger partial charge in [-0.1, -0.05) is 86.1 Å². The van der Waals surface area contributed by atoms with Gasteiger partial charge in [0.05, 0.1) is 29.8 Å². The zero-order valence-corrected chi connectivity index (χ0v) is 22.2. The van der Waals surface area contributed by atoms with Crippen LogP contribution in [0.25, 0.3) is 11.0 Å². The summed E-state index contributed by atoms with van der Waals surface area (Å²) in [4.78, 5) is 27.3. The van der Waals surface area contributed by atoms with Crippen LogP contribution >= 0.6 is 0 Å². The van der Waals surface area contributed by atoms with Crippen molar-refractivity contribution in [3.63, 3.8) is 0 Å². The van der Waals surface area contributed by atoms with Crippen LogP contribution in [0.2, 0.25) is 0 Å². The minimum Gasteiger partial charge on any atom is -0.464 e. The number of nitriles is 1. The van der Waals surface area contributed by atoms with Crippen molar-refractivity contribution in [3.8, 4) is 6.07 Å². The average Bonchev–Trinajstić information content (AvgIpc) is 2.99. The number of ether oxygens (including phenoxy) is 1. The second-order valence-electron chi connectivity index (χ2n) is 9.75. The number of piperazine rings is 1. The van der Waals surface area contributed by atoms with Crippen molar-refractivity contribution in [3.05, 3.63) is 102 Å². The summed E-state index contributed by atoms with van der Waals surface area (Å²) >= 11 is 0.